The topological polar surface area (TPSA) is 89.7 Å². The summed E-state index contributed by atoms with van der Waals surface area (Å²) in [6, 6.07) is 4.11. The number of piperidine rings is 1. The maximum absolute atomic E-state index is 12.7. The second-order valence-electron chi connectivity index (χ2n) is 5.73. The molecule has 1 unspecified atom stereocenters. The van der Waals surface area contributed by atoms with Crippen LogP contribution in [0.3, 0.4) is 0 Å². The molecule has 9 heteroatoms. The Morgan fingerprint density at radius 1 is 1.38 bits per heavy atom. The van der Waals surface area contributed by atoms with Gasteiger partial charge in [-0.1, -0.05) is 11.6 Å². The minimum atomic E-state index is -3.63. The summed E-state index contributed by atoms with van der Waals surface area (Å²) in [5.74, 6) is -0.261. The summed E-state index contributed by atoms with van der Waals surface area (Å²) in [5.41, 5.74) is 6.02. The molecule has 0 aromatic heterocycles. The van der Waals surface area contributed by atoms with E-state index in [-0.39, 0.29) is 33.9 Å². The van der Waals surface area contributed by atoms with Gasteiger partial charge < -0.3 is 10.5 Å². The van der Waals surface area contributed by atoms with Gasteiger partial charge >= 0.3 is 5.97 Å². The normalized spacial score (nSPS) is 17.8. The molecule has 1 aromatic carbocycles. The fourth-order valence-corrected chi connectivity index (χ4v) is 4.54. The van der Waals surface area contributed by atoms with Crippen molar-refractivity contribution in [2.75, 3.05) is 20.2 Å². The van der Waals surface area contributed by atoms with E-state index < -0.39 is 16.0 Å². The summed E-state index contributed by atoms with van der Waals surface area (Å²) in [6.45, 7) is 2.82. The highest BCUT2D eigenvalue weighted by atomic mass is 35.5. The number of carbonyl (C=O) groups excluding carboxylic acids is 1. The smallest absolute Gasteiger partial charge is 0.339 e. The molecule has 1 fully saturated rings. The Kier molecular flexibility index (Phi) is 7.49. The molecule has 0 radical (unpaired) electrons. The van der Waals surface area contributed by atoms with Crippen molar-refractivity contribution >= 4 is 40.0 Å². The molecule has 2 N–H and O–H groups in total. The van der Waals surface area contributed by atoms with Gasteiger partial charge in [-0.15, -0.1) is 12.4 Å². The number of hydrogen-bond acceptors (Lipinski definition) is 5. The van der Waals surface area contributed by atoms with Crippen molar-refractivity contribution < 1.29 is 17.9 Å². The maximum Gasteiger partial charge on any atom is 0.339 e. The standard InChI is InChI=1S/C15H21ClN2O4S.ClH/c1-10(17)11-5-7-18(8-6-11)23(20,21)12-3-4-13(14(16)9-12)15(19)22-2;/h3-4,9-11H,5-8,17H2,1-2H3;1H. The molecule has 24 heavy (non-hydrogen) atoms. The molecule has 0 aliphatic carbocycles. The number of ether oxygens (including phenoxy) is 1. The highest BCUT2D eigenvalue weighted by Gasteiger charge is 2.31. The van der Waals surface area contributed by atoms with Crippen LogP contribution in [0.4, 0.5) is 0 Å². The average molecular weight is 397 g/mol. The lowest BCUT2D eigenvalue weighted by molar-refractivity contribution is 0.0601. The predicted molar refractivity (Wildman–Crippen MR) is 95.2 cm³/mol. The molecule has 2 rings (SSSR count). The summed E-state index contributed by atoms with van der Waals surface area (Å²) >= 11 is 6.01. The molecule has 1 aliphatic heterocycles. The molecule has 0 saturated carbocycles. The minimum Gasteiger partial charge on any atom is -0.465 e. The van der Waals surface area contributed by atoms with Crippen molar-refractivity contribution in [3.8, 4) is 0 Å². The quantitative estimate of drug-likeness (QED) is 0.788. The lowest BCUT2D eigenvalue weighted by Crippen LogP contribution is -2.42. The van der Waals surface area contributed by atoms with Crippen molar-refractivity contribution in [3.05, 3.63) is 28.8 Å². The molecule has 0 amide bonds. The first-order valence-corrected chi connectivity index (χ1v) is 9.22. The third kappa shape index (κ3) is 4.40. The molecule has 136 valence electrons. The number of carbonyl (C=O) groups is 1. The Morgan fingerprint density at radius 2 is 1.96 bits per heavy atom. The second-order valence-corrected chi connectivity index (χ2v) is 8.08. The van der Waals surface area contributed by atoms with E-state index in [2.05, 4.69) is 4.74 Å². The number of hydrogen-bond donors (Lipinski definition) is 1. The van der Waals surface area contributed by atoms with Gasteiger partial charge in [-0.2, -0.15) is 4.31 Å². The molecule has 1 aromatic rings. The lowest BCUT2D eigenvalue weighted by atomic mass is 9.92. The first-order valence-electron chi connectivity index (χ1n) is 7.41. The van der Waals surface area contributed by atoms with Crippen LogP contribution in [-0.4, -0.2) is 44.9 Å². The van der Waals surface area contributed by atoms with Crippen molar-refractivity contribution in [3.63, 3.8) is 0 Å². The molecular weight excluding hydrogens is 375 g/mol. The van der Waals surface area contributed by atoms with Gasteiger partial charge in [0.15, 0.2) is 0 Å². The number of nitrogens with zero attached hydrogens (tertiary/aromatic N) is 1. The van der Waals surface area contributed by atoms with Gasteiger partial charge in [0, 0.05) is 19.1 Å². The van der Waals surface area contributed by atoms with Crippen LogP contribution in [0.2, 0.25) is 5.02 Å². The van der Waals surface area contributed by atoms with E-state index in [1.54, 1.807) is 0 Å². The predicted octanol–water partition coefficient (Wildman–Crippen LogP) is 2.30. The van der Waals surface area contributed by atoms with Crippen molar-refractivity contribution in [1.29, 1.82) is 0 Å². The number of halogens is 2. The summed E-state index contributed by atoms with van der Waals surface area (Å²) in [5, 5.41) is 0.0587. The van der Waals surface area contributed by atoms with Crippen LogP contribution >= 0.6 is 24.0 Å². The van der Waals surface area contributed by atoms with E-state index in [0.29, 0.717) is 19.0 Å². The Balaban J connectivity index is 0.00000288. The monoisotopic (exact) mass is 396 g/mol. The van der Waals surface area contributed by atoms with E-state index in [4.69, 9.17) is 17.3 Å². The Hall–Kier alpha value is -0.860. The number of nitrogens with two attached hydrogens (primary N) is 1. The molecule has 1 saturated heterocycles. The molecule has 6 nitrogen and oxygen atoms in total. The average Bonchev–Trinajstić information content (AvgIpc) is 2.54. The molecule has 1 aliphatic rings. The van der Waals surface area contributed by atoms with Crippen molar-refractivity contribution in [2.45, 2.75) is 30.7 Å². The molecule has 0 spiro atoms. The van der Waals surface area contributed by atoms with E-state index in [1.165, 1.54) is 29.6 Å². The van der Waals surface area contributed by atoms with E-state index in [1.807, 2.05) is 6.92 Å². The van der Waals surface area contributed by atoms with Gasteiger partial charge in [-0.05, 0) is 43.9 Å². The zero-order chi connectivity index (χ0) is 17.2. The van der Waals surface area contributed by atoms with Gasteiger partial charge in [0.05, 0.1) is 22.6 Å². The molecule has 0 bridgehead atoms. The minimum absolute atomic E-state index is 0. The summed E-state index contributed by atoms with van der Waals surface area (Å²) in [7, 11) is -2.38. The van der Waals surface area contributed by atoms with Gasteiger partial charge in [-0.25, -0.2) is 13.2 Å². The van der Waals surface area contributed by atoms with Gasteiger partial charge in [-0.3, -0.25) is 0 Å². The van der Waals surface area contributed by atoms with E-state index in [0.717, 1.165) is 12.8 Å². The van der Waals surface area contributed by atoms with Crippen LogP contribution in [0.25, 0.3) is 0 Å². The Morgan fingerprint density at radius 3 is 2.42 bits per heavy atom. The van der Waals surface area contributed by atoms with Gasteiger partial charge in [0.2, 0.25) is 10.0 Å². The summed E-state index contributed by atoms with van der Waals surface area (Å²) < 4.78 is 31.4. The fourth-order valence-electron chi connectivity index (χ4n) is 2.72. The SMILES string of the molecule is COC(=O)c1ccc(S(=O)(=O)N2CCC(C(C)N)CC2)cc1Cl.Cl. The number of methoxy groups -OCH3 is 1. The fraction of sp³-hybridized carbons (Fsp3) is 0.533. The van der Waals surface area contributed by atoms with Crippen LogP contribution in [0, 0.1) is 5.92 Å². The lowest BCUT2D eigenvalue weighted by Gasteiger charge is -2.33. The number of esters is 1. The highest BCUT2D eigenvalue weighted by molar-refractivity contribution is 7.89. The number of sulfonamides is 1. The van der Waals surface area contributed by atoms with Crippen molar-refractivity contribution in [2.24, 2.45) is 11.7 Å². The van der Waals surface area contributed by atoms with Gasteiger partial charge in [0.1, 0.15) is 0 Å². The maximum atomic E-state index is 12.7. The van der Waals surface area contributed by atoms with Crippen LogP contribution in [-0.2, 0) is 14.8 Å². The van der Waals surface area contributed by atoms with Crippen LogP contribution in [0.15, 0.2) is 23.1 Å². The largest absolute Gasteiger partial charge is 0.465 e. The zero-order valence-electron chi connectivity index (χ0n) is 13.6. The summed E-state index contributed by atoms with van der Waals surface area (Å²) in [4.78, 5) is 11.6. The van der Waals surface area contributed by atoms with Gasteiger partial charge in [0.25, 0.3) is 0 Å². The molecular formula is C15H22Cl2N2O4S. The van der Waals surface area contributed by atoms with Crippen molar-refractivity contribution in [1.82, 2.24) is 4.31 Å². The second kappa shape index (κ2) is 8.49. The zero-order valence-corrected chi connectivity index (χ0v) is 16.0. The highest BCUT2D eigenvalue weighted by Crippen LogP contribution is 2.27. The van der Waals surface area contributed by atoms with E-state index >= 15 is 0 Å². The van der Waals surface area contributed by atoms with E-state index in [9.17, 15) is 13.2 Å². The Bertz CT molecular complexity index is 687. The van der Waals surface area contributed by atoms with Crippen LogP contribution in [0.1, 0.15) is 30.1 Å². The number of benzene rings is 1. The third-order valence-corrected chi connectivity index (χ3v) is 6.43. The first-order chi connectivity index (χ1) is 10.8. The third-order valence-electron chi connectivity index (χ3n) is 4.23. The first kappa shape index (κ1) is 21.2. The Labute approximate surface area is 153 Å². The van der Waals surface area contributed by atoms with Crippen LogP contribution < -0.4 is 5.73 Å². The summed E-state index contributed by atoms with van der Waals surface area (Å²) in [6.07, 6.45) is 1.48. The number of rotatable bonds is 4. The molecule has 1 heterocycles. The van der Waals surface area contributed by atoms with Crippen LogP contribution in [0.5, 0.6) is 0 Å². The molecule has 1 atom stereocenters.